The summed E-state index contributed by atoms with van der Waals surface area (Å²) in [6, 6.07) is 15.2. The van der Waals surface area contributed by atoms with E-state index in [1.807, 2.05) is 0 Å². The van der Waals surface area contributed by atoms with Crippen molar-refractivity contribution >= 4 is 21.6 Å². The van der Waals surface area contributed by atoms with Gasteiger partial charge in [-0.3, -0.25) is 0 Å². The first-order chi connectivity index (χ1) is 7.40. The molecule has 0 N–H and O–H groups in total. The van der Waals surface area contributed by atoms with Crippen molar-refractivity contribution in [3.05, 3.63) is 42.5 Å². The zero-order valence-corrected chi connectivity index (χ0v) is 8.71. The molecular weight excluding hydrogens is 202 g/mol. The van der Waals surface area contributed by atoms with Crippen molar-refractivity contribution in [3.63, 3.8) is 0 Å². The van der Waals surface area contributed by atoms with Crippen LogP contribution in [-0.4, -0.2) is 4.98 Å². The lowest BCUT2D eigenvalue weighted by molar-refractivity contribution is 1.49. The Bertz CT molecular complexity index is 644. The first-order valence-corrected chi connectivity index (χ1v) is 5.73. The molecule has 0 unspecified atom stereocenters. The summed E-state index contributed by atoms with van der Waals surface area (Å²) in [4.78, 5) is 4.65. The van der Waals surface area contributed by atoms with E-state index in [2.05, 4.69) is 47.4 Å². The molecule has 0 fully saturated rings. The van der Waals surface area contributed by atoms with Gasteiger partial charge in [-0.15, -0.1) is 11.3 Å². The third-order valence-corrected chi connectivity index (χ3v) is 3.94. The van der Waals surface area contributed by atoms with Crippen molar-refractivity contribution in [3.8, 4) is 21.7 Å². The lowest BCUT2D eigenvalue weighted by Gasteiger charge is -2.02. The molecule has 3 aromatic rings. The van der Waals surface area contributed by atoms with Gasteiger partial charge in [0.25, 0.3) is 0 Å². The Kier molecular flexibility index (Phi) is 1.25. The third kappa shape index (κ3) is 0.944. The average molecular weight is 209 g/mol. The predicted molar refractivity (Wildman–Crippen MR) is 64.1 cm³/mol. The molecule has 2 aliphatic rings. The number of benzene rings is 2. The van der Waals surface area contributed by atoms with Crippen LogP contribution in [0.4, 0.5) is 0 Å². The molecule has 0 saturated heterocycles. The van der Waals surface area contributed by atoms with Crippen LogP contribution in [-0.2, 0) is 0 Å². The van der Waals surface area contributed by atoms with Gasteiger partial charge in [-0.25, -0.2) is 4.98 Å². The Morgan fingerprint density at radius 1 is 0.800 bits per heavy atom. The van der Waals surface area contributed by atoms with E-state index in [0.29, 0.717) is 0 Å². The standard InChI is InChI=1S/C13H7NS/c1-3-9-4-2-8(1)10-5-6-12-11(7-10)14-13(9)15-12/h1-7H. The zero-order valence-electron chi connectivity index (χ0n) is 7.90. The summed E-state index contributed by atoms with van der Waals surface area (Å²) in [5.74, 6) is 0. The van der Waals surface area contributed by atoms with Crippen LogP contribution in [0, 0.1) is 0 Å². The summed E-state index contributed by atoms with van der Waals surface area (Å²) in [7, 11) is 0. The molecule has 70 valence electrons. The van der Waals surface area contributed by atoms with Crippen molar-refractivity contribution < 1.29 is 0 Å². The van der Waals surface area contributed by atoms with Gasteiger partial charge in [-0.1, -0.05) is 30.3 Å². The van der Waals surface area contributed by atoms with Gasteiger partial charge >= 0.3 is 0 Å². The number of rotatable bonds is 0. The van der Waals surface area contributed by atoms with E-state index in [1.165, 1.54) is 21.4 Å². The van der Waals surface area contributed by atoms with Crippen molar-refractivity contribution in [1.82, 2.24) is 4.98 Å². The molecule has 0 radical (unpaired) electrons. The van der Waals surface area contributed by atoms with Crippen molar-refractivity contribution in [2.24, 2.45) is 0 Å². The highest BCUT2D eigenvalue weighted by Gasteiger charge is 2.10. The third-order valence-electron chi connectivity index (χ3n) is 2.85. The Morgan fingerprint density at radius 3 is 2.40 bits per heavy atom. The molecule has 3 heterocycles. The summed E-state index contributed by atoms with van der Waals surface area (Å²) in [6.07, 6.45) is 0. The Morgan fingerprint density at radius 2 is 1.53 bits per heavy atom. The molecule has 0 atom stereocenters. The second-order valence-electron chi connectivity index (χ2n) is 3.78. The normalized spacial score (nSPS) is 12.0. The van der Waals surface area contributed by atoms with E-state index in [-0.39, 0.29) is 0 Å². The van der Waals surface area contributed by atoms with Crippen molar-refractivity contribution in [1.29, 1.82) is 0 Å². The molecule has 0 amide bonds. The Labute approximate surface area is 91.0 Å². The summed E-state index contributed by atoms with van der Waals surface area (Å²) in [5.41, 5.74) is 4.87. The SMILES string of the molecule is c1cc2ccc1-c1ccc3sc-2nc3c1. The van der Waals surface area contributed by atoms with E-state index in [9.17, 15) is 0 Å². The fraction of sp³-hybridized carbons (Fsp3) is 0. The molecule has 2 aliphatic heterocycles. The van der Waals surface area contributed by atoms with Gasteiger partial charge in [0.05, 0.1) is 10.2 Å². The molecule has 2 heteroatoms. The molecule has 0 spiro atoms. The minimum absolute atomic E-state index is 1.12. The van der Waals surface area contributed by atoms with Gasteiger partial charge in [-0.2, -0.15) is 0 Å². The minimum atomic E-state index is 1.12. The molecular formula is C13H7NS. The van der Waals surface area contributed by atoms with E-state index in [1.54, 1.807) is 11.3 Å². The van der Waals surface area contributed by atoms with Gasteiger partial charge in [0.1, 0.15) is 5.01 Å². The van der Waals surface area contributed by atoms with Crippen LogP contribution >= 0.6 is 11.3 Å². The second kappa shape index (κ2) is 2.47. The van der Waals surface area contributed by atoms with Crippen LogP contribution in [0.2, 0.25) is 0 Å². The Balaban J connectivity index is 2.33. The maximum absolute atomic E-state index is 4.65. The second-order valence-corrected chi connectivity index (χ2v) is 4.81. The molecule has 1 nitrogen and oxygen atoms in total. The quantitative estimate of drug-likeness (QED) is 0.427. The molecule has 5 bridgehead atoms. The number of aromatic nitrogens is 1. The molecule has 5 rings (SSSR count). The van der Waals surface area contributed by atoms with E-state index in [0.717, 1.165) is 10.5 Å². The maximum Gasteiger partial charge on any atom is 0.124 e. The summed E-state index contributed by atoms with van der Waals surface area (Å²) in [6.45, 7) is 0. The highest BCUT2D eigenvalue weighted by Crippen LogP contribution is 2.35. The lowest BCUT2D eigenvalue weighted by Crippen LogP contribution is -1.77. The molecule has 2 aromatic carbocycles. The first-order valence-electron chi connectivity index (χ1n) is 4.91. The average Bonchev–Trinajstić information content (AvgIpc) is 2.74. The van der Waals surface area contributed by atoms with Crippen LogP contribution in [0.5, 0.6) is 0 Å². The number of hydrogen-bond acceptors (Lipinski definition) is 2. The van der Waals surface area contributed by atoms with Crippen LogP contribution in [0.15, 0.2) is 42.5 Å². The van der Waals surface area contributed by atoms with E-state index >= 15 is 0 Å². The van der Waals surface area contributed by atoms with Crippen LogP contribution in [0.25, 0.3) is 31.9 Å². The molecule has 15 heavy (non-hydrogen) atoms. The number of hydrogen-bond donors (Lipinski definition) is 0. The molecule has 0 aliphatic carbocycles. The predicted octanol–water partition coefficient (Wildman–Crippen LogP) is 3.94. The maximum atomic E-state index is 4.65. The molecule has 0 saturated carbocycles. The smallest absolute Gasteiger partial charge is 0.124 e. The van der Waals surface area contributed by atoms with Crippen LogP contribution < -0.4 is 0 Å². The Hall–Kier alpha value is -1.67. The van der Waals surface area contributed by atoms with Gasteiger partial charge < -0.3 is 0 Å². The zero-order chi connectivity index (χ0) is 9.83. The monoisotopic (exact) mass is 209 g/mol. The summed E-state index contributed by atoms with van der Waals surface area (Å²) < 4.78 is 1.27. The topological polar surface area (TPSA) is 12.9 Å². The summed E-state index contributed by atoms with van der Waals surface area (Å²) >= 11 is 1.76. The summed E-state index contributed by atoms with van der Waals surface area (Å²) in [5, 5.41) is 1.12. The lowest BCUT2D eigenvalue weighted by atomic mass is 10.0. The van der Waals surface area contributed by atoms with E-state index < -0.39 is 0 Å². The highest BCUT2D eigenvalue weighted by molar-refractivity contribution is 7.21. The van der Waals surface area contributed by atoms with Crippen molar-refractivity contribution in [2.75, 3.05) is 0 Å². The first kappa shape index (κ1) is 7.60. The highest BCUT2D eigenvalue weighted by atomic mass is 32.1. The fourth-order valence-corrected chi connectivity index (χ4v) is 2.99. The van der Waals surface area contributed by atoms with Crippen LogP contribution in [0.1, 0.15) is 0 Å². The van der Waals surface area contributed by atoms with Gasteiger partial charge in [-0.05, 0) is 23.3 Å². The van der Waals surface area contributed by atoms with E-state index in [4.69, 9.17) is 0 Å². The molecule has 1 aromatic heterocycles. The number of fused-ring (bicyclic) bond motifs is 2. The fourth-order valence-electron chi connectivity index (χ4n) is 2.04. The van der Waals surface area contributed by atoms with Gasteiger partial charge in [0, 0.05) is 5.56 Å². The van der Waals surface area contributed by atoms with Crippen LogP contribution in [0.3, 0.4) is 0 Å². The number of nitrogens with zero attached hydrogens (tertiary/aromatic N) is 1. The van der Waals surface area contributed by atoms with Gasteiger partial charge in [0.2, 0.25) is 0 Å². The van der Waals surface area contributed by atoms with Gasteiger partial charge in [0.15, 0.2) is 0 Å². The number of thiazole rings is 1. The van der Waals surface area contributed by atoms with Crippen molar-refractivity contribution in [2.45, 2.75) is 0 Å². The minimum Gasteiger partial charge on any atom is -0.236 e. The largest absolute Gasteiger partial charge is 0.236 e.